The lowest BCUT2D eigenvalue weighted by atomic mass is 10.1. The van der Waals surface area contributed by atoms with E-state index in [1.807, 2.05) is 37.3 Å². The molecular weight excluding hydrogens is 360 g/mol. The van der Waals surface area contributed by atoms with Gasteiger partial charge in [0.15, 0.2) is 0 Å². The number of hydrogen-bond donors (Lipinski definition) is 3. The number of hydrogen-bond acceptors (Lipinski definition) is 4. The zero-order chi connectivity index (χ0) is 19.6. The van der Waals surface area contributed by atoms with Crippen LogP contribution in [0, 0.1) is 13.8 Å². The second kappa shape index (κ2) is 7.63. The number of benzene rings is 2. The highest BCUT2D eigenvalue weighted by molar-refractivity contribution is 7.16. The van der Waals surface area contributed by atoms with E-state index >= 15 is 0 Å². The molecule has 0 saturated heterocycles. The molecule has 0 radical (unpaired) electrons. The lowest BCUT2D eigenvalue weighted by Gasteiger charge is -2.09. The molecule has 2 aromatic carbocycles. The molecule has 0 fully saturated rings. The van der Waals surface area contributed by atoms with Gasteiger partial charge in [-0.1, -0.05) is 36.4 Å². The smallest absolute Gasteiger partial charge is 0.260 e. The van der Waals surface area contributed by atoms with Gasteiger partial charge >= 0.3 is 0 Å². The predicted octanol–water partition coefficient (Wildman–Crippen LogP) is 4.01. The van der Waals surface area contributed by atoms with Gasteiger partial charge in [-0.3, -0.25) is 9.59 Å². The average Bonchev–Trinajstić information content (AvgIpc) is 3.01. The number of phenolic OH excluding ortho intramolecular Hbond substituents is 1. The van der Waals surface area contributed by atoms with Crippen molar-refractivity contribution >= 4 is 28.2 Å². The Bertz CT molecular complexity index is 1010. The molecule has 3 rings (SSSR count). The number of carbonyl (C=O) groups excluding carboxylic acids is 2. The molecule has 1 heterocycles. The van der Waals surface area contributed by atoms with Gasteiger partial charge in [0.25, 0.3) is 11.8 Å². The number of rotatable bonds is 5. The van der Waals surface area contributed by atoms with E-state index in [1.54, 1.807) is 25.1 Å². The molecular formula is C21H20N2O3S. The van der Waals surface area contributed by atoms with E-state index in [4.69, 9.17) is 5.73 Å². The number of primary amides is 1. The van der Waals surface area contributed by atoms with Gasteiger partial charge < -0.3 is 16.2 Å². The first-order chi connectivity index (χ1) is 12.8. The van der Waals surface area contributed by atoms with Crippen molar-refractivity contribution in [3.05, 3.63) is 81.2 Å². The summed E-state index contributed by atoms with van der Waals surface area (Å²) in [6, 6.07) is 14.9. The van der Waals surface area contributed by atoms with Crippen molar-refractivity contribution in [1.82, 2.24) is 0 Å². The number of carbonyl (C=O) groups is 2. The number of nitrogens with two attached hydrogens (primary N) is 1. The SMILES string of the molecule is Cc1cc(C)c(O)c(C(=O)Nc2sc(Cc3ccccc3)cc2C(N)=O)c1. The second-order valence-electron chi connectivity index (χ2n) is 6.41. The van der Waals surface area contributed by atoms with Crippen LogP contribution < -0.4 is 11.1 Å². The van der Waals surface area contributed by atoms with Crippen LogP contribution >= 0.6 is 11.3 Å². The highest BCUT2D eigenvalue weighted by atomic mass is 32.1. The Morgan fingerprint density at radius 3 is 2.44 bits per heavy atom. The largest absolute Gasteiger partial charge is 0.507 e. The van der Waals surface area contributed by atoms with Gasteiger partial charge in [0.1, 0.15) is 10.8 Å². The molecule has 0 aliphatic heterocycles. The number of amides is 2. The summed E-state index contributed by atoms with van der Waals surface area (Å²) in [5.41, 5.74) is 8.49. The molecule has 0 saturated carbocycles. The minimum absolute atomic E-state index is 0.0696. The molecule has 4 N–H and O–H groups in total. The Balaban J connectivity index is 1.90. The molecule has 0 aliphatic rings. The van der Waals surface area contributed by atoms with Crippen molar-refractivity contribution in [3.63, 3.8) is 0 Å². The fourth-order valence-electron chi connectivity index (χ4n) is 2.91. The predicted molar refractivity (Wildman–Crippen MR) is 108 cm³/mol. The molecule has 2 amide bonds. The molecule has 3 aromatic rings. The van der Waals surface area contributed by atoms with Gasteiger partial charge in [-0.25, -0.2) is 0 Å². The van der Waals surface area contributed by atoms with Crippen LogP contribution in [0.25, 0.3) is 0 Å². The van der Waals surface area contributed by atoms with Crippen LogP contribution in [0.4, 0.5) is 5.00 Å². The zero-order valence-electron chi connectivity index (χ0n) is 15.1. The zero-order valence-corrected chi connectivity index (χ0v) is 15.9. The third-order valence-corrected chi connectivity index (χ3v) is 5.24. The van der Waals surface area contributed by atoms with E-state index < -0.39 is 11.8 Å². The number of aromatic hydroxyl groups is 1. The number of thiophene rings is 1. The summed E-state index contributed by atoms with van der Waals surface area (Å²) >= 11 is 1.31. The third-order valence-electron chi connectivity index (χ3n) is 4.19. The summed E-state index contributed by atoms with van der Waals surface area (Å²) < 4.78 is 0. The number of nitrogens with one attached hydrogen (secondary N) is 1. The van der Waals surface area contributed by atoms with Crippen molar-refractivity contribution in [3.8, 4) is 5.75 Å². The van der Waals surface area contributed by atoms with Crippen molar-refractivity contribution in [1.29, 1.82) is 0 Å². The van der Waals surface area contributed by atoms with E-state index in [0.29, 0.717) is 17.0 Å². The maximum atomic E-state index is 12.7. The van der Waals surface area contributed by atoms with E-state index in [9.17, 15) is 14.7 Å². The molecule has 6 heteroatoms. The van der Waals surface area contributed by atoms with E-state index in [2.05, 4.69) is 5.32 Å². The minimum Gasteiger partial charge on any atom is -0.507 e. The fourth-order valence-corrected chi connectivity index (χ4v) is 4.00. The van der Waals surface area contributed by atoms with Gasteiger partial charge in [0.05, 0.1) is 11.1 Å². The Morgan fingerprint density at radius 1 is 1.07 bits per heavy atom. The van der Waals surface area contributed by atoms with Gasteiger partial charge in [-0.15, -0.1) is 11.3 Å². The Labute approximate surface area is 161 Å². The highest BCUT2D eigenvalue weighted by Gasteiger charge is 2.19. The lowest BCUT2D eigenvalue weighted by molar-refractivity contribution is 0.100. The molecule has 27 heavy (non-hydrogen) atoms. The first kappa shape index (κ1) is 18.7. The van der Waals surface area contributed by atoms with Crippen LogP contribution in [-0.4, -0.2) is 16.9 Å². The fraction of sp³-hybridized carbons (Fsp3) is 0.143. The summed E-state index contributed by atoms with van der Waals surface area (Å²) in [6.45, 7) is 3.58. The molecule has 0 atom stereocenters. The molecule has 0 spiro atoms. The number of anilines is 1. The first-order valence-electron chi connectivity index (χ1n) is 8.43. The Kier molecular flexibility index (Phi) is 5.28. The quantitative estimate of drug-likeness (QED) is 0.624. The summed E-state index contributed by atoms with van der Waals surface area (Å²) in [7, 11) is 0. The first-order valence-corrected chi connectivity index (χ1v) is 9.25. The molecule has 0 bridgehead atoms. The second-order valence-corrected chi connectivity index (χ2v) is 7.55. The number of phenols is 1. The Morgan fingerprint density at radius 2 is 1.78 bits per heavy atom. The molecule has 0 unspecified atom stereocenters. The van der Waals surface area contributed by atoms with Crippen molar-refractivity contribution in [2.75, 3.05) is 5.32 Å². The molecule has 5 nitrogen and oxygen atoms in total. The number of aryl methyl sites for hydroxylation is 2. The van der Waals surface area contributed by atoms with Crippen molar-refractivity contribution in [2.24, 2.45) is 5.73 Å². The highest BCUT2D eigenvalue weighted by Crippen LogP contribution is 2.31. The third kappa shape index (κ3) is 4.17. The van der Waals surface area contributed by atoms with Gasteiger partial charge in [0.2, 0.25) is 0 Å². The summed E-state index contributed by atoms with van der Waals surface area (Å²) in [6.07, 6.45) is 0.635. The van der Waals surface area contributed by atoms with E-state index in [0.717, 1.165) is 16.0 Å². The average molecular weight is 380 g/mol. The van der Waals surface area contributed by atoms with Crippen LogP contribution in [-0.2, 0) is 6.42 Å². The van der Waals surface area contributed by atoms with Crippen LogP contribution in [0.2, 0.25) is 0 Å². The van der Waals surface area contributed by atoms with Crippen LogP contribution in [0.3, 0.4) is 0 Å². The van der Waals surface area contributed by atoms with Crippen molar-refractivity contribution < 1.29 is 14.7 Å². The molecule has 138 valence electrons. The Hall–Kier alpha value is -3.12. The van der Waals surface area contributed by atoms with Crippen LogP contribution in [0.1, 0.15) is 42.3 Å². The maximum Gasteiger partial charge on any atom is 0.260 e. The standard InChI is InChI=1S/C21H20N2O3S/c1-12-8-13(2)18(24)16(9-12)20(26)23-21-17(19(22)25)11-15(27-21)10-14-6-4-3-5-7-14/h3-9,11,24H,10H2,1-2H3,(H2,22,25)(H,23,26). The van der Waals surface area contributed by atoms with Crippen molar-refractivity contribution in [2.45, 2.75) is 20.3 Å². The van der Waals surface area contributed by atoms with Gasteiger partial charge in [-0.05, 0) is 42.7 Å². The monoisotopic (exact) mass is 380 g/mol. The van der Waals surface area contributed by atoms with Crippen LogP contribution in [0.5, 0.6) is 5.75 Å². The normalized spacial score (nSPS) is 10.6. The maximum absolute atomic E-state index is 12.7. The lowest BCUT2D eigenvalue weighted by Crippen LogP contribution is -2.17. The summed E-state index contributed by atoms with van der Waals surface area (Å²) in [5.74, 6) is -1.15. The van der Waals surface area contributed by atoms with Gasteiger partial charge in [0, 0.05) is 11.3 Å². The van der Waals surface area contributed by atoms with Gasteiger partial charge in [-0.2, -0.15) is 0 Å². The van der Waals surface area contributed by atoms with Crippen LogP contribution in [0.15, 0.2) is 48.5 Å². The summed E-state index contributed by atoms with van der Waals surface area (Å²) in [4.78, 5) is 25.4. The topological polar surface area (TPSA) is 92.4 Å². The minimum atomic E-state index is -0.606. The molecule has 1 aromatic heterocycles. The summed E-state index contributed by atoms with van der Waals surface area (Å²) in [5, 5.41) is 13.3. The van der Waals surface area contributed by atoms with E-state index in [1.165, 1.54) is 11.3 Å². The molecule has 0 aliphatic carbocycles. The van der Waals surface area contributed by atoms with E-state index in [-0.39, 0.29) is 16.9 Å².